The van der Waals surface area contributed by atoms with Crippen LogP contribution in [0.1, 0.15) is 63.0 Å². The summed E-state index contributed by atoms with van der Waals surface area (Å²) in [6, 6.07) is 11.8. The summed E-state index contributed by atoms with van der Waals surface area (Å²) >= 11 is 0. The monoisotopic (exact) mass is 577 g/mol. The van der Waals surface area contributed by atoms with Gasteiger partial charge in [-0.25, -0.2) is 0 Å². The van der Waals surface area contributed by atoms with Gasteiger partial charge in [-0.05, 0) is 66.5 Å². The SMILES string of the molecule is CCC(c1ccc(O)cc1)C(CC)c1ccc(O)c(NC(=O)C(C)CC(P(=O)(O)O)P(=O)(O)O)c1.[NaH].[NaH]. The Labute approximate surface area is 261 Å². The molecule has 14 heteroatoms. The van der Waals surface area contributed by atoms with Gasteiger partial charge in [-0.15, -0.1) is 0 Å². The molecule has 7 N–H and O–H groups in total. The number of phenolic OH excluding ortho intramolecular Hbond substituents is 2. The van der Waals surface area contributed by atoms with Crippen molar-refractivity contribution in [1.82, 2.24) is 0 Å². The summed E-state index contributed by atoms with van der Waals surface area (Å²) in [5.41, 5.74) is 1.96. The minimum absolute atomic E-state index is 0. The fourth-order valence-electron chi connectivity index (χ4n) is 4.26. The standard InChI is InChI=1S/C23H33NO9P2.2Na.2H/c1-4-18(15-6-9-17(25)10-7-15)19(5-2)16-8-11-21(26)20(13-16)24-23(27)14(3)12-22(34(28,29)30)35(31,32)33;;;;/h6-11,13-14,18-19,22,25-26H,4-5,12H2,1-3H3,(H,24,27)(H2,28,29,30)(H2,31,32,33);;;;. The van der Waals surface area contributed by atoms with E-state index in [4.69, 9.17) is 0 Å². The Morgan fingerprint density at radius 3 is 1.76 bits per heavy atom. The van der Waals surface area contributed by atoms with Gasteiger partial charge in [0.15, 0.2) is 5.40 Å². The Balaban J connectivity index is 0.00000648. The number of carbonyl (C=O) groups excluding carboxylic acids is 1. The molecule has 0 aliphatic heterocycles. The zero-order chi connectivity index (χ0) is 26.6. The molecule has 0 fully saturated rings. The first-order valence-electron chi connectivity index (χ1n) is 11.2. The molecule has 0 radical (unpaired) electrons. The summed E-state index contributed by atoms with van der Waals surface area (Å²) in [5, 5.41) is 20.1. The molecule has 2 aromatic carbocycles. The molecule has 0 aliphatic carbocycles. The third-order valence-electron chi connectivity index (χ3n) is 6.18. The van der Waals surface area contributed by atoms with Crippen molar-refractivity contribution in [3.63, 3.8) is 0 Å². The van der Waals surface area contributed by atoms with Crippen molar-refractivity contribution in [2.45, 2.75) is 57.3 Å². The van der Waals surface area contributed by atoms with Gasteiger partial charge in [0, 0.05) is 5.92 Å². The number of hydrogen-bond donors (Lipinski definition) is 7. The van der Waals surface area contributed by atoms with Gasteiger partial charge in [-0.3, -0.25) is 13.9 Å². The van der Waals surface area contributed by atoms with Crippen molar-refractivity contribution in [3.8, 4) is 11.5 Å². The van der Waals surface area contributed by atoms with Crippen LogP contribution in [0.25, 0.3) is 0 Å². The molecule has 0 spiro atoms. The van der Waals surface area contributed by atoms with E-state index in [-0.39, 0.29) is 88.1 Å². The summed E-state index contributed by atoms with van der Waals surface area (Å²) < 4.78 is 23.1. The molecule has 3 unspecified atom stereocenters. The van der Waals surface area contributed by atoms with Gasteiger partial charge in [0.05, 0.1) is 5.69 Å². The topological polar surface area (TPSA) is 185 Å². The first kappa shape index (κ1) is 36.8. The third-order valence-corrected chi connectivity index (χ3v) is 9.96. The number of aromatic hydroxyl groups is 2. The van der Waals surface area contributed by atoms with Crippen LogP contribution in [0, 0.1) is 5.92 Å². The average Bonchev–Trinajstić information content (AvgIpc) is 2.76. The van der Waals surface area contributed by atoms with E-state index in [0.717, 1.165) is 24.0 Å². The molecule has 2 aromatic rings. The van der Waals surface area contributed by atoms with Crippen LogP contribution in [0.3, 0.4) is 0 Å². The molecule has 10 nitrogen and oxygen atoms in total. The molecule has 37 heavy (non-hydrogen) atoms. The van der Waals surface area contributed by atoms with Crippen LogP contribution in [-0.4, -0.2) is 100 Å². The normalized spacial score (nSPS) is 14.2. The summed E-state index contributed by atoms with van der Waals surface area (Å²) in [6.07, 6.45) is 0.812. The quantitative estimate of drug-likeness (QED) is 0.120. The van der Waals surface area contributed by atoms with Crippen molar-refractivity contribution in [2.75, 3.05) is 5.32 Å². The van der Waals surface area contributed by atoms with E-state index in [0.29, 0.717) is 0 Å². The second kappa shape index (κ2) is 15.6. The molecule has 0 aromatic heterocycles. The van der Waals surface area contributed by atoms with Crippen LogP contribution in [-0.2, 0) is 13.9 Å². The van der Waals surface area contributed by atoms with E-state index in [1.807, 2.05) is 26.0 Å². The van der Waals surface area contributed by atoms with E-state index in [2.05, 4.69) is 5.32 Å². The summed E-state index contributed by atoms with van der Waals surface area (Å²) in [4.78, 5) is 50.0. The van der Waals surface area contributed by atoms with Gasteiger partial charge >= 0.3 is 74.3 Å². The molecule has 3 atom stereocenters. The molecule has 2 rings (SSSR count). The van der Waals surface area contributed by atoms with Crippen molar-refractivity contribution < 1.29 is 43.7 Å². The number of amides is 1. The van der Waals surface area contributed by atoms with Crippen LogP contribution >= 0.6 is 15.2 Å². The Hall–Kier alpha value is -0.190. The maximum atomic E-state index is 12.7. The van der Waals surface area contributed by atoms with Gasteiger partial charge in [-0.2, -0.15) is 0 Å². The van der Waals surface area contributed by atoms with E-state index >= 15 is 0 Å². The summed E-state index contributed by atoms with van der Waals surface area (Å²) in [5.74, 6) is -1.84. The molecule has 1 amide bonds. The molecular weight excluding hydrogens is 542 g/mol. The summed E-state index contributed by atoms with van der Waals surface area (Å²) in [6.45, 7) is 5.36. The number of carbonyl (C=O) groups is 1. The number of anilines is 1. The van der Waals surface area contributed by atoms with Crippen LogP contribution in [0.4, 0.5) is 5.69 Å². The predicted molar refractivity (Wildman–Crippen MR) is 147 cm³/mol. The van der Waals surface area contributed by atoms with Crippen molar-refractivity contribution in [2.24, 2.45) is 5.92 Å². The second-order valence-corrected chi connectivity index (χ2v) is 12.7. The van der Waals surface area contributed by atoms with Crippen molar-refractivity contribution in [3.05, 3.63) is 53.6 Å². The van der Waals surface area contributed by atoms with E-state index in [1.165, 1.54) is 13.0 Å². The van der Waals surface area contributed by atoms with Crippen LogP contribution in [0.5, 0.6) is 11.5 Å². The first-order chi connectivity index (χ1) is 16.2. The van der Waals surface area contributed by atoms with Gasteiger partial charge in [0.25, 0.3) is 0 Å². The number of phenols is 2. The van der Waals surface area contributed by atoms with Crippen molar-refractivity contribution in [1.29, 1.82) is 0 Å². The van der Waals surface area contributed by atoms with Gasteiger partial charge in [0.1, 0.15) is 11.5 Å². The van der Waals surface area contributed by atoms with E-state index in [9.17, 15) is 43.7 Å². The number of rotatable bonds is 11. The van der Waals surface area contributed by atoms with Crippen LogP contribution in [0.2, 0.25) is 0 Å². The Kier molecular flexibility index (Phi) is 15.5. The molecule has 198 valence electrons. The Bertz CT molecular complexity index is 1100. The minimum atomic E-state index is -5.16. The molecular formula is C23H35NNa2O9P2. The Morgan fingerprint density at radius 1 is 0.838 bits per heavy atom. The second-order valence-electron chi connectivity index (χ2n) is 8.68. The zero-order valence-corrected chi connectivity index (χ0v) is 21.6. The summed E-state index contributed by atoms with van der Waals surface area (Å²) in [7, 11) is -10.3. The molecule has 0 saturated heterocycles. The average molecular weight is 577 g/mol. The van der Waals surface area contributed by atoms with Gasteiger partial charge in [0.2, 0.25) is 5.91 Å². The first-order valence-corrected chi connectivity index (χ1v) is 14.6. The fraction of sp³-hybridized carbons (Fsp3) is 0.435. The van der Waals surface area contributed by atoms with E-state index in [1.54, 1.807) is 24.3 Å². The fourth-order valence-corrected chi connectivity index (χ4v) is 7.01. The number of hydrogen-bond acceptors (Lipinski definition) is 5. The third kappa shape index (κ3) is 10.4. The number of nitrogens with one attached hydrogen (secondary N) is 1. The maximum absolute atomic E-state index is 12.7. The molecule has 0 saturated carbocycles. The zero-order valence-electron chi connectivity index (χ0n) is 19.8. The van der Waals surface area contributed by atoms with Gasteiger partial charge in [-0.1, -0.05) is 39.0 Å². The van der Waals surface area contributed by atoms with Gasteiger partial charge < -0.3 is 35.1 Å². The molecule has 0 heterocycles. The predicted octanol–water partition coefficient (Wildman–Crippen LogP) is 3.13. The van der Waals surface area contributed by atoms with Crippen molar-refractivity contribution >= 4 is 85.9 Å². The number of benzene rings is 2. The Morgan fingerprint density at radius 2 is 1.30 bits per heavy atom. The van der Waals surface area contributed by atoms with Crippen LogP contribution < -0.4 is 5.32 Å². The molecule has 0 bridgehead atoms. The van der Waals surface area contributed by atoms with Crippen LogP contribution in [0.15, 0.2) is 42.5 Å². The van der Waals surface area contributed by atoms with E-state index < -0.39 is 38.8 Å². The molecule has 0 aliphatic rings.